The van der Waals surface area contributed by atoms with E-state index < -0.39 is 0 Å². The van der Waals surface area contributed by atoms with Crippen molar-refractivity contribution in [1.29, 1.82) is 0 Å². The first-order chi connectivity index (χ1) is 13.3. The largest absolute Gasteiger partial charge is 0.350 e. The van der Waals surface area contributed by atoms with Gasteiger partial charge in [0.25, 0.3) is 5.91 Å². The van der Waals surface area contributed by atoms with Gasteiger partial charge >= 0.3 is 0 Å². The Bertz CT molecular complexity index is 982. The van der Waals surface area contributed by atoms with Crippen molar-refractivity contribution in [3.05, 3.63) is 47.8 Å². The molecule has 2 heterocycles. The van der Waals surface area contributed by atoms with Crippen molar-refractivity contribution in [3.63, 3.8) is 0 Å². The van der Waals surface area contributed by atoms with Crippen LogP contribution in [0.2, 0.25) is 0 Å². The molecule has 1 N–H and O–H groups in total. The van der Waals surface area contributed by atoms with E-state index in [1.54, 1.807) is 4.68 Å². The van der Waals surface area contributed by atoms with E-state index in [2.05, 4.69) is 29.2 Å². The minimum Gasteiger partial charge on any atom is -0.350 e. The fraction of sp³-hybridized carbons (Fsp3) is 0.409. The van der Waals surface area contributed by atoms with Crippen LogP contribution in [0.15, 0.2) is 36.5 Å². The Morgan fingerprint density at radius 2 is 1.96 bits per heavy atom. The molecule has 0 saturated carbocycles. The molecular weight excluding hydrogens is 350 g/mol. The molecule has 0 radical (unpaired) electrons. The van der Waals surface area contributed by atoms with Crippen LogP contribution in [-0.4, -0.2) is 52.3 Å². The molecule has 148 valence electrons. The smallest absolute Gasteiger partial charge is 0.252 e. The Balaban J connectivity index is 1.99. The number of nitrogens with zero attached hydrogens (tertiary/aromatic N) is 4. The first-order valence-electron chi connectivity index (χ1n) is 9.63. The lowest BCUT2D eigenvalue weighted by atomic mass is 10.0. The highest BCUT2D eigenvalue weighted by Gasteiger charge is 2.19. The number of carbonyl (C=O) groups is 1. The van der Waals surface area contributed by atoms with E-state index in [0.29, 0.717) is 18.0 Å². The number of nitrogens with one attached hydrogen (secondary N) is 1. The van der Waals surface area contributed by atoms with Gasteiger partial charge in [-0.05, 0) is 39.1 Å². The molecule has 0 saturated heterocycles. The lowest BCUT2D eigenvalue weighted by molar-refractivity contribution is 0.0936. The third-order valence-electron chi connectivity index (χ3n) is 5.15. The van der Waals surface area contributed by atoms with Crippen molar-refractivity contribution in [3.8, 4) is 11.3 Å². The Morgan fingerprint density at radius 1 is 1.25 bits per heavy atom. The minimum absolute atomic E-state index is 0.0751. The van der Waals surface area contributed by atoms with Crippen LogP contribution in [0.1, 0.15) is 29.9 Å². The SMILES string of the molecule is Cc1nn(C)cc1-c1cc(C(=O)NC[C@H](C(C)C)N(C)C)c2ccccc2n1. The molecule has 1 aromatic carbocycles. The zero-order valence-corrected chi connectivity index (χ0v) is 17.5. The normalized spacial score (nSPS) is 12.7. The van der Waals surface area contributed by atoms with Crippen LogP contribution in [0.3, 0.4) is 0 Å². The first-order valence-corrected chi connectivity index (χ1v) is 9.63. The summed E-state index contributed by atoms with van der Waals surface area (Å²) in [4.78, 5) is 20.0. The Hall–Kier alpha value is -2.73. The van der Waals surface area contributed by atoms with Gasteiger partial charge in [0.05, 0.1) is 22.5 Å². The number of benzene rings is 1. The van der Waals surface area contributed by atoms with Gasteiger partial charge in [-0.15, -0.1) is 0 Å². The van der Waals surface area contributed by atoms with Gasteiger partial charge < -0.3 is 10.2 Å². The summed E-state index contributed by atoms with van der Waals surface area (Å²) in [5, 5.41) is 8.39. The number of hydrogen-bond acceptors (Lipinski definition) is 4. The molecule has 6 nitrogen and oxygen atoms in total. The van der Waals surface area contributed by atoms with E-state index in [1.165, 1.54) is 0 Å². The summed E-state index contributed by atoms with van der Waals surface area (Å²) >= 11 is 0. The van der Waals surface area contributed by atoms with E-state index in [4.69, 9.17) is 4.98 Å². The standard InChI is InChI=1S/C22H29N5O/c1-14(2)21(26(4)5)12-23-22(28)17-11-20(18-13-27(6)25-15(18)3)24-19-10-8-7-9-16(17)19/h7-11,13-14,21H,12H2,1-6H3,(H,23,28)/t21-/m1/s1. The quantitative estimate of drug-likeness (QED) is 0.714. The lowest BCUT2D eigenvalue weighted by Crippen LogP contribution is -2.43. The van der Waals surface area contributed by atoms with Crippen molar-refractivity contribution in [2.45, 2.75) is 26.8 Å². The molecule has 0 aliphatic heterocycles. The minimum atomic E-state index is -0.0751. The molecule has 6 heteroatoms. The number of aryl methyl sites for hydroxylation is 2. The van der Waals surface area contributed by atoms with Crippen LogP contribution in [-0.2, 0) is 7.05 Å². The molecule has 3 rings (SSSR count). The van der Waals surface area contributed by atoms with E-state index in [0.717, 1.165) is 27.9 Å². The summed E-state index contributed by atoms with van der Waals surface area (Å²) < 4.78 is 1.77. The zero-order chi connectivity index (χ0) is 20.4. The van der Waals surface area contributed by atoms with Crippen LogP contribution in [0.4, 0.5) is 0 Å². The maximum Gasteiger partial charge on any atom is 0.252 e. The Morgan fingerprint density at radius 3 is 2.57 bits per heavy atom. The second kappa shape index (κ2) is 8.10. The molecule has 3 aromatic rings. The zero-order valence-electron chi connectivity index (χ0n) is 17.5. The molecule has 0 aliphatic carbocycles. The average Bonchev–Trinajstić information content (AvgIpc) is 2.98. The van der Waals surface area contributed by atoms with Crippen molar-refractivity contribution in [2.75, 3.05) is 20.6 Å². The molecule has 0 unspecified atom stereocenters. The molecule has 2 aromatic heterocycles. The van der Waals surface area contributed by atoms with Crippen molar-refractivity contribution in [1.82, 2.24) is 25.0 Å². The lowest BCUT2D eigenvalue weighted by Gasteiger charge is -2.28. The van der Waals surface area contributed by atoms with Crippen molar-refractivity contribution >= 4 is 16.8 Å². The first kappa shape index (κ1) is 20.0. The molecule has 1 amide bonds. The van der Waals surface area contributed by atoms with Crippen LogP contribution >= 0.6 is 0 Å². The second-order valence-corrected chi connectivity index (χ2v) is 7.86. The van der Waals surface area contributed by atoms with Gasteiger partial charge in [0.15, 0.2) is 0 Å². The summed E-state index contributed by atoms with van der Waals surface area (Å²) in [5.74, 6) is 0.368. The average molecular weight is 380 g/mol. The highest BCUT2D eigenvalue weighted by Crippen LogP contribution is 2.26. The van der Waals surface area contributed by atoms with E-state index in [9.17, 15) is 4.79 Å². The molecule has 0 fully saturated rings. The topological polar surface area (TPSA) is 63.1 Å². The molecule has 0 bridgehead atoms. The van der Waals surface area contributed by atoms with Gasteiger partial charge in [0.2, 0.25) is 0 Å². The molecule has 0 aliphatic rings. The highest BCUT2D eigenvalue weighted by molar-refractivity contribution is 6.07. The van der Waals surface area contributed by atoms with E-state index in [-0.39, 0.29) is 11.9 Å². The summed E-state index contributed by atoms with van der Waals surface area (Å²) in [6, 6.07) is 9.92. The number of para-hydroxylation sites is 1. The third kappa shape index (κ3) is 4.07. The number of hydrogen-bond donors (Lipinski definition) is 1. The van der Waals surface area contributed by atoms with Gasteiger partial charge in [-0.25, -0.2) is 4.98 Å². The summed E-state index contributed by atoms with van der Waals surface area (Å²) in [5.41, 5.74) is 4.05. The van der Waals surface area contributed by atoms with E-state index in [1.807, 2.05) is 64.6 Å². The van der Waals surface area contributed by atoms with Crippen LogP contribution in [0, 0.1) is 12.8 Å². The van der Waals surface area contributed by atoms with E-state index >= 15 is 0 Å². The fourth-order valence-electron chi connectivity index (χ4n) is 3.66. The van der Waals surface area contributed by atoms with Crippen LogP contribution in [0.5, 0.6) is 0 Å². The van der Waals surface area contributed by atoms with Crippen LogP contribution in [0.25, 0.3) is 22.2 Å². The Kier molecular flexibility index (Phi) is 5.79. The molecule has 1 atom stereocenters. The summed E-state index contributed by atoms with van der Waals surface area (Å²) in [6.07, 6.45) is 1.94. The predicted octanol–water partition coefficient (Wildman–Crippen LogP) is 3.26. The van der Waals surface area contributed by atoms with Gasteiger partial charge in [-0.2, -0.15) is 5.10 Å². The molecule has 0 spiro atoms. The number of carbonyl (C=O) groups excluding carboxylic acids is 1. The predicted molar refractivity (Wildman–Crippen MR) is 113 cm³/mol. The number of amides is 1. The third-order valence-corrected chi connectivity index (χ3v) is 5.15. The summed E-state index contributed by atoms with van der Waals surface area (Å²) in [6.45, 7) is 6.89. The molecular formula is C22H29N5O. The number of fused-ring (bicyclic) bond motifs is 1. The van der Waals surface area contributed by atoms with Crippen molar-refractivity contribution < 1.29 is 4.79 Å². The maximum atomic E-state index is 13.1. The number of pyridine rings is 1. The number of aromatic nitrogens is 3. The molecule has 28 heavy (non-hydrogen) atoms. The van der Waals surface area contributed by atoms with Crippen molar-refractivity contribution in [2.24, 2.45) is 13.0 Å². The highest BCUT2D eigenvalue weighted by atomic mass is 16.1. The van der Waals surface area contributed by atoms with Crippen LogP contribution < -0.4 is 5.32 Å². The monoisotopic (exact) mass is 379 g/mol. The summed E-state index contributed by atoms with van der Waals surface area (Å²) in [7, 11) is 5.97. The van der Waals surface area contributed by atoms with Gasteiger partial charge in [0, 0.05) is 36.8 Å². The Labute approximate surface area is 166 Å². The maximum absolute atomic E-state index is 13.1. The van der Waals surface area contributed by atoms with Gasteiger partial charge in [-0.1, -0.05) is 32.0 Å². The number of likely N-dealkylation sites (N-methyl/N-ethyl adjacent to an activating group) is 1. The van der Waals surface area contributed by atoms with Gasteiger partial charge in [-0.3, -0.25) is 9.48 Å². The van der Waals surface area contributed by atoms with Gasteiger partial charge in [0.1, 0.15) is 0 Å². The fourth-order valence-corrected chi connectivity index (χ4v) is 3.66. The second-order valence-electron chi connectivity index (χ2n) is 7.86. The number of rotatable bonds is 6.